The van der Waals surface area contributed by atoms with E-state index in [2.05, 4.69) is 18.7 Å². The molecule has 174 valence electrons. The molecule has 5 fully saturated rings. The molecular weight excluding hydrogens is 426 g/mol. The number of hydrogen-bond donors (Lipinski definition) is 1. The van der Waals surface area contributed by atoms with Crippen molar-refractivity contribution in [1.29, 1.82) is 0 Å². The zero-order valence-corrected chi connectivity index (χ0v) is 19.8. The van der Waals surface area contributed by atoms with Gasteiger partial charge < -0.3 is 19.5 Å². The summed E-state index contributed by atoms with van der Waals surface area (Å²) in [5.74, 6) is 0.560. The average Bonchev–Trinajstić information content (AvgIpc) is 3.44. The normalized spacial score (nSPS) is 44.9. The smallest absolute Gasteiger partial charge is 0.311 e. The van der Waals surface area contributed by atoms with Crippen molar-refractivity contribution in [2.24, 2.45) is 23.2 Å². The molecule has 6 rings (SSSR count). The van der Waals surface area contributed by atoms with Crippen LogP contribution in [0.3, 0.4) is 0 Å². The molecule has 1 spiro atoms. The van der Waals surface area contributed by atoms with E-state index >= 15 is 0 Å². The number of fused-ring (bicyclic) bond motifs is 2. The lowest BCUT2D eigenvalue weighted by atomic mass is 9.53. The van der Waals surface area contributed by atoms with E-state index in [-0.39, 0.29) is 41.0 Å². The van der Waals surface area contributed by atoms with Gasteiger partial charge in [-0.3, -0.25) is 4.79 Å². The first-order valence-electron chi connectivity index (χ1n) is 12.3. The topological polar surface area (TPSA) is 62.3 Å². The minimum absolute atomic E-state index is 0.000727. The molecular formula is C26H34ClNO4. The van der Waals surface area contributed by atoms with Crippen molar-refractivity contribution in [3.63, 3.8) is 0 Å². The van der Waals surface area contributed by atoms with Gasteiger partial charge in [-0.05, 0) is 55.7 Å². The first-order valence-corrected chi connectivity index (χ1v) is 12.7. The molecule has 0 radical (unpaired) electrons. The van der Waals surface area contributed by atoms with Gasteiger partial charge in [0.05, 0.1) is 17.6 Å². The third-order valence-electron chi connectivity index (χ3n) is 9.71. The van der Waals surface area contributed by atoms with Crippen molar-refractivity contribution in [3.8, 4) is 0 Å². The Morgan fingerprint density at radius 2 is 1.91 bits per heavy atom. The number of carbonyl (C=O) groups excluding carboxylic acids is 1. The van der Waals surface area contributed by atoms with E-state index in [4.69, 9.17) is 21.1 Å². The van der Waals surface area contributed by atoms with Crippen molar-refractivity contribution in [2.45, 2.75) is 75.8 Å². The minimum atomic E-state index is -0.826. The van der Waals surface area contributed by atoms with Crippen LogP contribution in [0.2, 0.25) is 5.02 Å². The van der Waals surface area contributed by atoms with Crippen LogP contribution in [0.4, 0.5) is 0 Å². The Kier molecular flexibility index (Phi) is 4.80. The van der Waals surface area contributed by atoms with Crippen LogP contribution in [0.25, 0.3) is 0 Å². The van der Waals surface area contributed by atoms with Gasteiger partial charge in [0.25, 0.3) is 0 Å². The molecule has 5 aliphatic rings. The van der Waals surface area contributed by atoms with E-state index in [1.54, 1.807) is 0 Å². The standard InChI is InChI=1S/C26H34ClNO4/c1-16-4-3-9-24(2)14-20-21(22-26(16,24)32-22)19(23(29)31-20)15-28-12-10-25(30,11-13-28)17-5-7-18(27)8-6-17/h5-8,16,19-22,30H,3-4,9-15H2,1-2H3/t16-,19-,20-,21+,22+,24+,26-/m1/s1. The van der Waals surface area contributed by atoms with Gasteiger partial charge in [0.2, 0.25) is 0 Å². The third kappa shape index (κ3) is 2.97. The second kappa shape index (κ2) is 7.18. The van der Waals surface area contributed by atoms with E-state index in [0.29, 0.717) is 30.3 Å². The molecule has 3 heterocycles. The molecule has 2 saturated carbocycles. The summed E-state index contributed by atoms with van der Waals surface area (Å²) in [7, 11) is 0. The monoisotopic (exact) mass is 459 g/mol. The predicted molar refractivity (Wildman–Crippen MR) is 121 cm³/mol. The molecule has 3 saturated heterocycles. The zero-order valence-electron chi connectivity index (χ0n) is 19.1. The van der Waals surface area contributed by atoms with Gasteiger partial charge in [-0.1, -0.05) is 44.0 Å². The average molecular weight is 460 g/mol. The van der Waals surface area contributed by atoms with Crippen molar-refractivity contribution in [3.05, 3.63) is 34.9 Å². The number of hydrogen-bond acceptors (Lipinski definition) is 5. The molecule has 2 aliphatic carbocycles. The second-order valence-electron chi connectivity index (χ2n) is 11.4. The van der Waals surface area contributed by atoms with Crippen LogP contribution in [-0.4, -0.2) is 53.4 Å². The summed E-state index contributed by atoms with van der Waals surface area (Å²) in [6.45, 7) is 6.95. The van der Waals surface area contributed by atoms with Crippen molar-refractivity contribution in [2.75, 3.05) is 19.6 Å². The number of rotatable bonds is 3. The Morgan fingerprint density at radius 3 is 2.62 bits per heavy atom. The Morgan fingerprint density at radius 1 is 1.19 bits per heavy atom. The number of likely N-dealkylation sites (tertiary alicyclic amines) is 1. The van der Waals surface area contributed by atoms with Gasteiger partial charge in [0, 0.05) is 36.0 Å². The molecule has 0 amide bonds. The van der Waals surface area contributed by atoms with Crippen molar-refractivity contribution in [1.82, 2.24) is 4.90 Å². The Labute approximate surface area is 195 Å². The summed E-state index contributed by atoms with van der Waals surface area (Å²) in [5, 5.41) is 11.9. The van der Waals surface area contributed by atoms with Gasteiger partial charge >= 0.3 is 5.97 Å². The van der Waals surface area contributed by atoms with Crippen LogP contribution in [0.1, 0.15) is 57.9 Å². The van der Waals surface area contributed by atoms with E-state index in [1.807, 2.05) is 24.3 Å². The Balaban J connectivity index is 1.15. The van der Waals surface area contributed by atoms with E-state index in [1.165, 1.54) is 19.3 Å². The lowest BCUT2D eigenvalue weighted by Crippen LogP contribution is -2.55. The minimum Gasteiger partial charge on any atom is -0.462 e. The van der Waals surface area contributed by atoms with Crippen LogP contribution >= 0.6 is 11.6 Å². The Hall–Kier alpha value is -1.14. The third-order valence-corrected chi connectivity index (χ3v) is 9.97. The van der Waals surface area contributed by atoms with Crippen LogP contribution in [0.5, 0.6) is 0 Å². The number of nitrogens with zero attached hydrogens (tertiary/aromatic N) is 1. The summed E-state index contributed by atoms with van der Waals surface area (Å²) in [6.07, 6.45) is 6.05. The van der Waals surface area contributed by atoms with Gasteiger partial charge in [-0.15, -0.1) is 0 Å². The second-order valence-corrected chi connectivity index (χ2v) is 11.8. The van der Waals surface area contributed by atoms with E-state index in [0.717, 1.165) is 25.1 Å². The van der Waals surface area contributed by atoms with Crippen LogP contribution in [-0.2, 0) is 19.9 Å². The van der Waals surface area contributed by atoms with Crippen molar-refractivity contribution >= 4 is 17.6 Å². The number of halogens is 1. The number of esters is 1. The van der Waals surface area contributed by atoms with Gasteiger partial charge in [-0.25, -0.2) is 0 Å². The summed E-state index contributed by atoms with van der Waals surface area (Å²) in [4.78, 5) is 15.3. The number of ether oxygens (including phenoxy) is 2. The maximum atomic E-state index is 13.0. The largest absolute Gasteiger partial charge is 0.462 e. The number of carbonyl (C=O) groups is 1. The number of epoxide rings is 1. The summed E-state index contributed by atoms with van der Waals surface area (Å²) in [6, 6.07) is 7.52. The highest BCUT2D eigenvalue weighted by atomic mass is 35.5. The predicted octanol–water partition coefficient (Wildman–Crippen LogP) is 4.15. The van der Waals surface area contributed by atoms with Crippen LogP contribution in [0, 0.1) is 23.2 Å². The highest BCUT2D eigenvalue weighted by molar-refractivity contribution is 6.30. The lowest BCUT2D eigenvalue weighted by Gasteiger charge is -2.49. The molecule has 0 unspecified atom stereocenters. The van der Waals surface area contributed by atoms with E-state index in [9.17, 15) is 9.90 Å². The van der Waals surface area contributed by atoms with E-state index < -0.39 is 5.60 Å². The summed E-state index contributed by atoms with van der Waals surface area (Å²) in [5.41, 5.74) is 0.183. The van der Waals surface area contributed by atoms with Crippen molar-refractivity contribution < 1.29 is 19.4 Å². The van der Waals surface area contributed by atoms with Gasteiger partial charge in [0.1, 0.15) is 11.7 Å². The zero-order chi connectivity index (χ0) is 22.3. The fourth-order valence-corrected chi connectivity index (χ4v) is 8.00. The molecule has 1 aromatic rings. The maximum absolute atomic E-state index is 13.0. The molecule has 6 heteroatoms. The molecule has 5 nitrogen and oxygen atoms in total. The highest BCUT2D eigenvalue weighted by Gasteiger charge is 2.78. The highest BCUT2D eigenvalue weighted by Crippen LogP contribution is 2.70. The summed E-state index contributed by atoms with van der Waals surface area (Å²) >= 11 is 6.01. The fraction of sp³-hybridized carbons (Fsp3) is 0.731. The van der Waals surface area contributed by atoms with Crippen LogP contribution < -0.4 is 0 Å². The number of piperidine rings is 1. The number of aliphatic hydroxyl groups is 1. The molecule has 32 heavy (non-hydrogen) atoms. The first-order chi connectivity index (χ1) is 15.3. The number of benzene rings is 1. The summed E-state index contributed by atoms with van der Waals surface area (Å²) < 4.78 is 12.5. The fourth-order valence-electron chi connectivity index (χ4n) is 7.88. The molecule has 1 aromatic carbocycles. The molecule has 1 N–H and O–H groups in total. The SMILES string of the molecule is C[C@@H]1CCC[C@@]2(C)C[C@H]3OC(=O)[C@H](CN4CCC(O)(c5ccc(Cl)cc5)CC4)[C@@H]3[C@@H]3O[C@]132. The van der Waals surface area contributed by atoms with Gasteiger partial charge in [0.15, 0.2) is 0 Å². The molecule has 7 atom stereocenters. The maximum Gasteiger partial charge on any atom is 0.311 e. The first kappa shape index (κ1) is 21.4. The van der Waals surface area contributed by atoms with Crippen LogP contribution in [0.15, 0.2) is 24.3 Å². The molecule has 0 bridgehead atoms. The molecule has 3 aliphatic heterocycles. The quantitative estimate of drug-likeness (QED) is 0.543. The Bertz CT molecular complexity index is 913. The lowest BCUT2D eigenvalue weighted by molar-refractivity contribution is -0.147. The molecule has 0 aromatic heterocycles. The van der Waals surface area contributed by atoms with Gasteiger partial charge in [-0.2, -0.15) is 0 Å².